The third kappa shape index (κ3) is 3.87. The van der Waals surface area contributed by atoms with Gasteiger partial charge in [-0.2, -0.15) is 0 Å². The number of anilines is 1. The zero-order valence-electron chi connectivity index (χ0n) is 12.8. The molecule has 122 valence electrons. The van der Waals surface area contributed by atoms with Crippen LogP contribution < -0.4 is 10.0 Å². The van der Waals surface area contributed by atoms with E-state index in [0.717, 1.165) is 6.07 Å². The number of carbonyl (C=O) groups is 1. The molecule has 0 saturated heterocycles. The Balaban J connectivity index is 2.39. The first-order chi connectivity index (χ1) is 10.8. The van der Waals surface area contributed by atoms with E-state index < -0.39 is 15.8 Å². The van der Waals surface area contributed by atoms with Crippen LogP contribution in [0.15, 0.2) is 47.4 Å². The van der Waals surface area contributed by atoms with Gasteiger partial charge in [0.2, 0.25) is 0 Å². The summed E-state index contributed by atoms with van der Waals surface area (Å²) >= 11 is 0. The standard InChI is InChI=1S/C16H17FN2O3S/c1-3-18-16(20)13-10-12(9-8-11(13)2)23(21,22)19-15-7-5-4-6-14(15)17/h4-10,19H,3H2,1-2H3,(H,18,20). The van der Waals surface area contributed by atoms with Crippen LogP contribution in [0.2, 0.25) is 0 Å². The van der Waals surface area contributed by atoms with E-state index in [1.54, 1.807) is 19.9 Å². The van der Waals surface area contributed by atoms with Crippen LogP contribution in [-0.2, 0) is 10.0 Å². The second-order valence-corrected chi connectivity index (χ2v) is 6.60. The molecule has 0 aromatic heterocycles. The molecule has 0 fully saturated rings. The molecule has 2 N–H and O–H groups in total. The second kappa shape index (κ2) is 6.78. The topological polar surface area (TPSA) is 75.3 Å². The Labute approximate surface area is 134 Å². The quantitative estimate of drug-likeness (QED) is 0.881. The Kier molecular flexibility index (Phi) is 5.00. The monoisotopic (exact) mass is 336 g/mol. The molecule has 23 heavy (non-hydrogen) atoms. The molecule has 5 nitrogen and oxygen atoms in total. The van der Waals surface area contributed by atoms with Crippen LogP contribution in [0.5, 0.6) is 0 Å². The van der Waals surface area contributed by atoms with E-state index in [1.165, 1.54) is 30.3 Å². The third-order valence-electron chi connectivity index (χ3n) is 3.22. The maximum atomic E-state index is 13.6. The molecule has 2 aromatic rings. The zero-order chi connectivity index (χ0) is 17.0. The van der Waals surface area contributed by atoms with Gasteiger partial charge in [0, 0.05) is 12.1 Å². The minimum Gasteiger partial charge on any atom is -0.352 e. The molecule has 0 spiro atoms. The highest BCUT2D eigenvalue weighted by molar-refractivity contribution is 7.92. The number of rotatable bonds is 5. The summed E-state index contributed by atoms with van der Waals surface area (Å²) in [4.78, 5) is 11.9. The zero-order valence-corrected chi connectivity index (χ0v) is 13.6. The van der Waals surface area contributed by atoms with Crippen LogP contribution >= 0.6 is 0 Å². The van der Waals surface area contributed by atoms with Gasteiger partial charge in [0.15, 0.2) is 0 Å². The lowest BCUT2D eigenvalue weighted by atomic mass is 10.1. The fourth-order valence-corrected chi connectivity index (χ4v) is 3.11. The van der Waals surface area contributed by atoms with Crippen molar-refractivity contribution >= 4 is 21.6 Å². The summed E-state index contributed by atoms with van der Waals surface area (Å²) in [5.41, 5.74) is 0.775. The largest absolute Gasteiger partial charge is 0.352 e. The molecule has 2 aromatic carbocycles. The Bertz CT molecular complexity index is 835. The smallest absolute Gasteiger partial charge is 0.262 e. The molecule has 0 aliphatic rings. The highest BCUT2D eigenvalue weighted by atomic mass is 32.2. The highest BCUT2D eigenvalue weighted by Crippen LogP contribution is 2.21. The molecule has 1 amide bonds. The molecule has 0 atom stereocenters. The molecule has 0 saturated carbocycles. The van der Waals surface area contributed by atoms with Crippen molar-refractivity contribution in [2.24, 2.45) is 0 Å². The molecular weight excluding hydrogens is 319 g/mol. The number of carbonyl (C=O) groups excluding carboxylic acids is 1. The molecule has 0 radical (unpaired) electrons. The van der Waals surface area contributed by atoms with E-state index >= 15 is 0 Å². The van der Waals surface area contributed by atoms with Crippen molar-refractivity contribution in [2.45, 2.75) is 18.7 Å². The number of aryl methyl sites for hydroxylation is 1. The van der Waals surface area contributed by atoms with Crippen molar-refractivity contribution < 1.29 is 17.6 Å². The Morgan fingerprint density at radius 3 is 2.52 bits per heavy atom. The number of hydrogen-bond donors (Lipinski definition) is 2. The fourth-order valence-electron chi connectivity index (χ4n) is 2.02. The van der Waals surface area contributed by atoms with Gasteiger partial charge in [0.05, 0.1) is 10.6 Å². The molecule has 0 aliphatic heterocycles. The number of halogens is 1. The molecule has 0 aliphatic carbocycles. The number of sulfonamides is 1. The summed E-state index contributed by atoms with van der Waals surface area (Å²) in [6, 6.07) is 9.67. The molecule has 2 rings (SSSR count). The first-order valence-electron chi connectivity index (χ1n) is 7.01. The minimum atomic E-state index is -3.99. The Morgan fingerprint density at radius 1 is 1.17 bits per heavy atom. The van der Waals surface area contributed by atoms with Crippen molar-refractivity contribution in [3.05, 3.63) is 59.4 Å². The van der Waals surface area contributed by atoms with Crippen molar-refractivity contribution in [2.75, 3.05) is 11.3 Å². The third-order valence-corrected chi connectivity index (χ3v) is 4.58. The Hall–Kier alpha value is -2.41. The van der Waals surface area contributed by atoms with Crippen molar-refractivity contribution in [1.29, 1.82) is 0 Å². The van der Waals surface area contributed by atoms with Gasteiger partial charge in [0.25, 0.3) is 15.9 Å². The molecule has 0 bridgehead atoms. The van der Waals surface area contributed by atoms with E-state index in [2.05, 4.69) is 10.0 Å². The van der Waals surface area contributed by atoms with E-state index in [-0.39, 0.29) is 22.1 Å². The lowest BCUT2D eigenvalue weighted by molar-refractivity contribution is 0.0955. The molecular formula is C16H17FN2O3S. The van der Waals surface area contributed by atoms with Gasteiger partial charge in [-0.15, -0.1) is 0 Å². The van der Waals surface area contributed by atoms with Crippen molar-refractivity contribution in [3.8, 4) is 0 Å². The van der Waals surface area contributed by atoms with Gasteiger partial charge in [-0.05, 0) is 43.7 Å². The summed E-state index contributed by atoms with van der Waals surface area (Å²) in [6.07, 6.45) is 0. The van der Waals surface area contributed by atoms with E-state index in [0.29, 0.717) is 12.1 Å². The van der Waals surface area contributed by atoms with Gasteiger partial charge < -0.3 is 5.32 Å². The van der Waals surface area contributed by atoms with E-state index in [9.17, 15) is 17.6 Å². The molecule has 7 heteroatoms. The van der Waals surface area contributed by atoms with Crippen LogP contribution in [0.1, 0.15) is 22.8 Å². The first-order valence-corrected chi connectivity index (χ1v) is 8.49. The van der Waals surface area contributed by atoms with E-state index in [1.807, 2.05) is 0 Å². The van der Waals surface area contributed by atoms with Crippen LogP contribution in [0.25, 0.3) is 0 Å². The normalized spacial score (nSPS) is 11.1. The van der Waals surface area contributed by atoms with Crippen molar-refractivity contribution in [1.82, 2.24) is 5.32 Å². The SMILES string of the molecule is CCNC(=O)c1cc(S(=O)(=O)Nc2ccccc2F)ccc1C. The maximum Gasteiger partial charge on any atom is 0.262 e. The molecule has 0 heterocycles. The second-order valence-electron chi connectivity index (χ2n) is 4.92. The van der Waals surface area contributed by atoms with Crippen molar-refractivity contribution in [3.63, 3.8) is 0 Å². The average molecular weight is 336 g/mol. The number of para-hydroxylation sites is 1. The predicted molar refractivity (Wildman–Crippen MR) is 86.4 cm³/mol. The molecule has 0 unspecified atom stereocenters. The summed E-state index contributed by atoms with van der Waals surface area (Å²) in [5.74, 6) is -1.03. The predicted octanol–water partition coefficient (Wildman–Crippen LogP) is 2.68. The van der Waals surface area contributed by atoms with E-state index in [4.69, 9.17) is 0 Å². The maximum absolute atomic E-state index is 13.6. The van der Waals surface area contributed by atoms with Gasteiger partial charge in [-0.25, -0.2) is 12.8 Å². The Morgan fingerprint density at radius 2 is 1.87 bits per heavy atom. The van der Waals surface area contributed by atoms with Crippen LogP contribution in [0, 0.1) is 12.7 Å². The highest BCUT2D eigenvalue weighted by Gasteiger charge is 2.19. The lowest BCUT2D eigenvalue weighted by Gasteiger charge is -2.11. The summed E-state index contributed by atoms with van der Waals surface area (Å²) < 4.78 is 40.6. The average Bonchev–Trinajstić information content (AvgIpc) is 2.50. The van der Waals surface area contributed by atoms with Gasteiger partial charge >= 0.3 is 0 Å². The minimum absolute atomic E-state index is 0.104. The van der Waals surface area contributed by atoms with Crippen LogP contribution in [0.3, 0.4) is 0 Å². The van der Waals surface area contributed by atoms with Crippen LogP contribution in [0.4, 0.5) is 10.1 Å². The fraction of sp³-hybridized carbons (Fsp3) is 0.188. The van der Waals surface area contributed by atoms with Crippen LogP contribution in [-0.4, -0.2) is 20.9 Å². The van der Waals surface area contributed by atoms with Gasteiger partial charge in [-0.1, -0.05) is 18.2 Å². The summed E-state index contributed by atoms with van der Waals surface area (Å²) in [5, 5.41) is 2.63. The first kappa shape index (κ1) is 17.0. The van der Waals surface area contributed by atoms with Gasteiger partial charge in [-0.3, -0.25) is 9.52 Å². The number of benzene rings is 2. The van der Waals surface area contributed by atoms with Gasteiger partial charge in [0.1, 0.15) is 5.82 Å². The summed E-state index contributed by atoms with van der Waals surface area (Å²) in [6.45, 7) is 3.92. The number of amides is 1. The summed E-state index contributed by atoms with van der Waals surface area (Å²) in [7, 11) is -3.99. The lowest BCUT2D eigenvalue weighted by Crippen LogP contribution is -2.24. The number of nitrogens with one attached hydrogen (secondary N) is 2. The number of hydrogen-bond acceptors (Lipinski definition) is 3.